The Bertz CT molecular complexity index is 889. The van der Waals surface area contributed by atoms with Gasteiger partial charge in [-0.25, -0.2) is 4.39 Å². The van der Waals surface area contributed by atoms with Gasteiger partial charge in [-0.15, -0.1) is 10.2 Å². The normalized spacial score (nSPS) is 11.2. The zero-order chi connectivity index (χ0) is 18.7. The van der Waals surface area contributed by atoms with Crippen LogP contribution in [0, 0.1) is 5.82 Å². The van der Waals surface area contributed by atoms with Crippen LogP contribution in [0.4, 0.5) is 22.0 Å². The maximum atomic E-state index is 14.1. The number of nitrogens with zero attached hydrogens (tertiary/aromatic N) is 6. The quantitative estimate of drug-likeness (QED) is 0.613. The molecule has 0 bridgehead atoms. The van der Waals surface area contributed by atoms with Crippen molar-refractivity contribution in [2.24, 2.45) is 0 Å². The predicted octanol–water partition coefficient (Wildman–Crippen LogP) is 3.06. The Kier molecular flexibility index (Phi) is 4.86. The van der Waals surface area contributed by atoms with Crippen LogP contribution in [0.2, 0.25) is 0 Å². The summed E-state index contributed by atoms with van der Waals surface area (Å²) < 4.78 is 72.8. The van der Waals surface area contributed by atoms with E-state index in [0.717, 1.165) is 18.5 Å². The third kappa shape index (κ3) is 3.81. The number of tetrazole rings is 1. The van der Waals surface area contributed by atoms with Gasteiger partial charge in [-0.1, -0.05) is 10.9 Å². The molecule has 0 saturated carbocycles. The molecule has 0 aliphatic carbocycles. The number of aromatic nitrogens is 6. The number of hydrogen-bond donors (Lipinski definition) is 0. The van der Waals surface area contributed by atoms with Gasteiger partial charge in [-0.2, -0.15) is 27.5 Å². The Morgan fingerprint density at radius 2 is 1.77 bits per heavy atom. The van der Waals surface area contributed by atoms with Crippen LogP contribution in [0.3, 0.4) is 0 Å². The van der Waals surface area contributed by atoms with Gasteiger partial charge in [0.25, 0.3) is 0 Å². The molecular formula is C13H7F5N6O2. The van der Waals surface area contributed by atoms with E-state index in [-0.39, 0.29) is 27.9 Å². The first-order chi connectivity index (χ1) is 12.4. The van der Waals surface area contributed by atoms with Gasteiger partial charge in [-0.3, -0.25) is 0 Å². The minimum absolute atomic E-state index is 0.00146. The standard InChI is InChI=1S/C13H7F5N6O2/c14-7-2-1-3-8(9(7)10-21-23-24(22-10)11(15)16)26-13-19-4-6(5-20-13)25-12(17)18/h1-5,11-12H. The monoisotopic (exact) mass is 374 g/mol. The summed E-state index contributed by atoms with van der Waals surface area (Å²) in [6.07, 6.45) is 1.83. The Hall–Kier alpha value is -3.38. The van der Waals surface area contributed by atoms with Gasteiger partial charge in [0.05, 0.1) is 12.4 Å². The average Bonchev–Trinajstić information content (AvgIpc) is 3.06. The highest BCUT2D eigenvalue weighted by molar-refractivity contribution is 5.64. The number of hydrogen-bond acceptors (Lipinski definition) is 7. The van der Waals surface area contributed by atoms with Crippen molar-refractivity contribution in [3.8, 4) is 28.9 Å². The molecule has 2 aromatic heterocycles. The molecule has 0 N–H and O–H groups in total. The highest BCUT2D eigenvalue weighted by Crippen LogP contribution is 2.32. The van der Waals surface area contributed by atoms with Gasteiger partial charge in [0.2, 0.25) is 5.82 Å². The smallest absolute Gasteiger partial charge is 0.387 e. The number of ether oxygens (including phenoxy) is 2. The topological polar surface area (TPSA) is 87.8 Å². The highest BCUT2D eigenvalue weighted by atomic mass is 19.3. The van der Waals surface area contributed by atoms with Gasteiger partial charge in [-0.05, 0) is 17.3 Å². The maximum Gasteiger partial charge on any atom is 0.387 e. The van der Waals surface area contributed by atoms with Gasteiger partial charge in [0.15, 0.2) is 5.75 Å². The molecule has 0 aliphatic heterocycles. The molecule has 0 amide bonds. The van der Waals surface area contributed by atoms with Crippen molar-refractivity contribution in [1.82, 2.24) is 30.2 Å². The summed E-state index contributed by atoms with van der Waals surface area (Å²) in [6.45, 7) is -6.11. The summed E-state index contributed by atoms with van der Waals surface area (Å²) in [5.74, 6) is -1.82. The Balaban J connectivity index is 1.89. The minimum Gasteiger partial charge on any atom is -0.432 e. The molecule has 0 fully saturated rings. The lowest BCUT2D eigenvalue weighted by molar-refractivity contribution is -0.0503. The van der Waals surface area contributed by atoms with Crippen LogP contribution in [0.25, 0.3) is 11.4 Å². The van der Waals surface area contributed by atoms with Crippen LogP contribution >= 0.6 is 0 Å². The maximum absolute atomic E-state index is 14.1. The molecule has 0 atom stereocenters. The molecule has 136 valence electrons. The van der Waals surface area contributed by atoms with E-state index in [4.69, 9.17) is 4.74 Å². The van der Waals surface area contributed by atoms with Crippen LogP contribution in [0.5, 0.6) is 17.5 Å². The molecular weight excluding hydrogens is 367 g/mol. The summed E-state index contributed by atoms with van der Waals surface area (Å²) >= 11 is 0. The molecule has 0 radical (unpaired) electrons. The summed E-state index contributed by atoms with van der Waals surface area (Å²) in [5.41, 5.74) is -0.351. The summed E-state index contributed by atoms with van der Waals surface area (Å²) in [5, 5.41) is 9.83. The fraction of sp³-hybridized carbons (Fsp3) is 0.154. The van der Waals surface area contributed by atoms with E-state index in [2.05, 4.69) is 30.1 Å². The largest absolute Gasteiger partial charge is 0.432 e. The average molecular weight is 374 g/mol. The van der Waals surface area contributed by atoms with Crippen LogP contribution in [0.1, 0.15) is 6.55 Å². The van der Waals surface area contributed by atoms with Crippen LogP contribution < -0.4 is 9.47 Å². The molecule has 3 rings (SSSR count). The first-order valence-electron chi connectivity index (χ1n) is 6.75. The van der Waals surface area contributed by atoms with Crippen LogP contribution in [-0.2, 0) is 0 Å². The second-order valence-corrected chi connectivity index (χ2v) is 4.51. The van der Waals surface area contributed by atoms with E-state index in [0.29, 0.717) is 0 Å². The molecule has 0 saturated heterocycles. The Morgan fingerprint density at radius 1 is 1.04 bits per heavy atom. The lowest BCUT2D eigenvalue weighted by Gasteiger charge is -2.09. The minimum atomic E-state index is -3.06. The van der Waals surface area contributed by atoms with E-state index in [1.807, 2.05) is 0 Å². The third-order valence-corrected chi connectivity index (χ3v) is 2.83. The van der Waals surface area contributed by atoms with E-state index in [9.17, 15) is 22.0 Å². The van der Waals surface area contributed by atoms with Gasteiger partial charge in [0, 0.05) is 0 Å². The summed E-state index contributed by atoms with van der Waals surface area (Å²) in [6, 6.07) is 3.26. The SMILES string of the molecule is Fc1cccc(Oc2ncc(OC(F)F)cn2)c1-c1nnn(C(F)F)n1. The van der Waals surface area contributed by atoms with Crippen molar-refractivity contribution in [3.05, 3.63) is 36.4 Å². The number of benzene rings is 1. The summed E-state index contributed by atoms with van der Waals surface area (Å²) in [7, 11) is 0. The van der Waals surface area contributed by atoms with Crippen molar-refractivity contribution in [2.75, 3.05) is 0 Å². The fourth-order valence-corrected chi connectivity index (χ4v) is 1.83. The first-order valence-corrected chi connectivity index (χ1v) is 6.75. The molecule has 13 heteroatoms. The second kappa shape index (κ2) is 7.25. The van der Waals surface area contributed by atoms with Crippen molar-refractivity contribution < 1.29 is 31.4 Å². The number of rotatable bonds is 6. The van der Waals surface area contributed by atoms with Crippen molar-refractivity contribution >= 4 is 0 Å². The van der Waals surface area contributed by atoms with E-state index in [1.54, 1.807) is 0 Å². The highest BCUT2D eigenvalue weighted by Gasteiger charge is 2.20. The van der Waals surface area contributed by atoms with Gasteiger partial charge < -0.3 is 9.47 Å². The lowest BCUT2D eigenvalue weighted by Crippen LogP contribution is -2.03. The molecule has 0 spiro atoms. The molecule has 0 unspecified atom stereocenters. The Labute approximate surface area is 141 Å². The van der Waals surface area contributed by atoms with Gasteiger partial charge >= 0.3 is 19.2 Å². The lowest BCUT2D eigenvalue weighted by atomic mass is 10.2. The Morgan fingerprint density at radius 3 is 2.38 bits per heavy atom. The van der Waals surface area contributed by atoms with E-state index in [1.165, 1.54) is 12.1 Å². The van der Waals surface area contributed by atoms with Crippen LogP contribution in [-0.4, -0.2) is 36.8 Å². The second-order valence-electron chi connectivity index (χ2n) is 4.51. The first kappa shape index (κ1) is 17.4. The van der Waals surface area contributed by atoms with Gasteiger partial charge in [0.1, 0.15) is 17.1 Å². The third-order valence-electron chi connectivity index (χ3n) is 2.83. The molecule has 2 heterocycles. The summed E-state index contributed by atoms with van der Waals surface area (Å²) in [4.78, 5) is 7.26. The van der Waals surface area contributed by atoms with E-state index < -0.39 is 24.8 Å². The van der Waals surface area contributed by atoms with Crippen molar-refractivity contribution in [3.63, 3.8) is 0 Å². The molecule has 1 aromatic carbocycles. The molecule has 8 nitrogen and oxygen atoms in total. The fourth-order valence-electron chi connectivity index (χ4n) is 1.83. The zero-order valence-electron chi connectivity index (χ0n) is 12.4. The molecule has 26 heavy (non-hydrogen) atoms. The molecule has 0 aliphatic rings. The van der Waals surface area contributed by atoms with Crippen molar-refractivity contribution in [1.29, 1.82) is 0 Å². The molecule has 3 aromatic rings. The van der Waals surface area contributed by atoms with Crippen LogP contribution in [0.15, 0.2) is 30.6 Å². The zero-order valence-corrected chi connectivity index (χ0v) is 12.4. The van der Waals surface area contributed by atoms with Crippen molar-refractivity contribution in [2.45, 2.75) is 13.2 Å². The predicted molar refractivity (Wildman–Crippen MR) is 73.2 cm³/mol. The number of alkyl halides is 4. The van der Waals surface area contributed by atoms with E-state index >= 15 is 0 Å². The number of halogens is 5.